The number of aromatic nitrogens is 2. The van der Waals surface area contributed by atoms with Crippen LogP contribution in [-0.4, -0.2) is 65.8 Å². The number of Topliss-reactive ketones (excluding diaryl/α,β-unsaturated/α-hetero) is 1. The van der Waals surface area contributed by atoms with Crippen LogP contribution in [0.15, 0.2) is 73.3 Å². The smallest absolute Gasteiger partial charge is 0.297 e. The molecule has 1 amide bonds. The van der Waals surface area contributed by atoms with Gasteiger partial charge in [0.1, 0.15) is 18.2 Å². The summed E-state index contributed by atoms with van der Waals surface area (Å²) in [5.41, 5.74) is 3.55. The molecule has 8 heteroatoms. The van der Waals surface area contributed by atoms with Crippen molar-refractivity contribution in [2.45, 2.75) is 13.8 Å². The van der Waals surface area contributed by atoms with Crippen LogP contribution >= 0.6 is 0 Å². The molecule has 8 nitrogen and oxygen atoms in total. The number of anilines is 1. The maximum absolute atomic E-state index is 13.4. The number of allylic oxidation sites excluding steroid dienone is 1. The monoisotopic (exact) mass is 524 g/mol. The van der Waals surface area contributed by atoms with Crippen LogP contribution in [0.2, 0.25) is 0 Å². The van der Waals surface area contributed by atoms with Crippen LogP contribution in [0, 0.1) is 6.92 Å². The molecule has 0 spiro atoms. The highest BCUT2D eigenvalue weighted by Crippen LogP contribution is 2.29. The summed E-state index contributed by atoms with van der Waals surface area (Å²) in [6, 6.07) is 20.4. The van der Waals surface area contributed by atoms with E-state index in [1.165, 1.54) is 0 Å². The third-order valence-electron chi connectivity index (χ3n) is 6.77. The topological polar surface area (TPSA) is 85.7 Å². The second-order valence-corrected chi connectivity index (χ2v) is 9.69. The van der Waals surface area contributed by atoms with Gasteiger partial charge in [-0.1, -0.05) is 48.5 Å². The van der Waals surface area contributed by atoms with E-state index in [-0.39, 0.29) is 0 Å². The van der Waals surface area contributed by atoms with E-state index in [1.807, 2.05) is 62.4 Å². The molecule has 1 fully saturated rings. The number of ether oxygens (including phenoxy) is 2. The average molecular weight is 525 g/mol. The molecule has 1 aliphatic rings. The summed E-state index contributed by atoms with van der Waals surface area (Å²) in [5.74, 6) is -0.316. The fourth-order valence-electron chi connectivity index (χ4n) is 4.56. The number of carbonyl (C=O) groups is 2. The molecule has 1 N–H and O–H groups in total. The summed E-state index contributed by atoms with van der Waals surface area (Å²) in [4.78, 5) is 28.9. The van der Waals surface area contributed by atoms with Gasteiger partial charge in [0.25, 0.3) is 11.7 Å². The first kappa shape index (κ1) is 26.3. The molecule has 1 aromatic heterocycles. The summed E-state index contributed by atoms with van der Waals surface area (Å²) in [7, 11) is 0. The van der Waals surface area contributed by atoms with E-state index in [9.17, 15) is 9.59 Å². The highest BCUT2D eigenvalue weighted by molar-refractivity contribution is 6.48. The van der Waals surface area contributed by atoms with Gasteiger partial charge in [0.15, 0.2) is 0 Å². The molecular formula is C31H32N4O4. The van der Waals surface area contributed by atoms with Crippen LogP contribution in [0.4, 0.5) is 5.82 Å². The van der Waals surface area contributed by atoms with Crippen LogP contribution in [0.25, 0.3) is 22.0 Å². The average Bonchev–Trinajstić information content (AvgIpc) is 3.38. The fourth-order valence-corrected chi connectivity index (χ4v) is 4.56. The van der Waals surface area contributed by atoms with Gasteiger partial charge < -0.3 is 14.8 Å². The SMILES string of the molecule is C=C(C)c1cc(NC(=O)C(=O)c2ccc(OCCN3CCOCC3)c3ccccc23)n(-c2ccc(C)cc2)n1. The number of benzene rings is 3. The molecule has 0 bridgehead atoms. The highest BCUT2D eigenvalue weighted by atomic mass is 16.5. The van der Waals surface area contributed by atoms with Crippen molar-refractivity contribution in [2.75, 3.05) is 44.8 Å². The lowest BCUT2D eigenvalue weighted by Crippen LogP contribution is -2.38. The van der Waals surface area contributed by atoms with E-state index in [0.29, 0.717) is 34.8 Å². The van der Waals surface area contributed by atoms with Crippen molar-refractivity contribution in [3.8, 4) is 11.4 Å². The molecule has 200 valence electrons. The van der Waals surface area contributed by atoms with Crippen molar-refractivity contribution in [2.24, 2.45) is 0 Å². The molecule has 4 aromatic rings. The van der Waals surface area contributed by atoms with E-state index in [2.05, 4.69) is 21.9 Å². The van der Waals surface area contributed by atoms with Gasteiger partial charge in [-0.2, -0.15) is 5.10 Å². The maximum atomic E-state index is 13.4. The number of hydrogen-bond acceptors (Lipinski definition) is 6. The number of rotatable bonds is 9. The zero-order chi connectivity index (χ0) is 27.4. The Morgan fingerprint density at radius 3 is 2.46 bits per heavy atom. The summed E-state index contributed by atoms with van der Waals surface area (Å²) >= 11 is 0. The van der Waals surface area contributed by atoms with Crippen LogP contribution < -0.4 is 10.1 Å². The molecule has 39 heavy (non-hydrogen) atoms. The van der Waals surface area contributed by atoms with Gasteiger partial charge in [0.2, 0.25) is 0 Å². The standard InChI is InChI=1S/C31H32N4O4/c1-21(2)27-20-29(35(33-27)23-10-8-22(3)9-11-23)32-31(37)30(36)26-12-13-28(25-7-5-4-6-24(25)26)39-19-16-34-14-17-38-18-15-34/h4-13,20H,1,14-19H2,2-3H3,(H,32,37). The Bertz CT molecular complexity index is 1520. The maximum Gasteiger partial charge on any atom is 0.297 e. The second kappa shape index (κ2) is 11.6. The predicted molar refractivity (Wildman–Crippen MR) is 153 cm³/mol. The van der Waals surface area contributed by atoms with Crippen molar-refractivity contribution in [1.82, 2.24) is 14.7 Å². The van der Waals surface area contributed by atoms with Crippen LogP contribution in [0.5, 0.6) is 5.75 Å². The van der Waals surface area contributed by atoms with Gasteiger partial charge in [-0.15, -0.1) is 0 Å². The number of nitrogens with zero attached hydrogens (tertiary/aromatic N) is 3. The largest absolute Gasteiger partial charge is 0.492 e. The quantitative estimate of drug-likeness (QED) is 0.248. The minimum atomic E-state index is -0.748. The van der Waals surface area contributed by atoms with Gasteiger partial charge >= 0.3 is 0 Å². The lowest BCUT2D eigenvalue weighted by atomic mass is 10.00. The van der Waals surface area contributed by atoms with Crippen molar-refractivity contribution in [3.05, 3.63) is 90.1 Å². The van der Waals surface area contributed by atoms with Gasteiger partial charge in [-0.05, 0) is 49.1 Å². The zero-order valence-corrected chi connectivity index (χ0v) is 22.3. The number of hydrogen-bond donors (Lipinski definition) is 1. The molecule has 0 aliphatic carbocycles. The Morgan fingerprint density at radius 1 is 1.03 bits per heavy atom. The van der Waals surface area contributed by atoms with E-state index < -0.39 is 11.7 Å². The van der Waals surface area contributed by atoms with E-state index in [0.717, 1.165) is 55.1 Å². The number of fused-ring (bicyclic) bond motifs is 1. The van der Waals surface area contributed by atoms with Gasteiger partial charge in [-0.3, -0.25) is 14.5 Å². The van der Waals surface area contributed by atoms with Gasteiger partial charge in [0.05, 0.1) is 24.6 Å². The molecule has 3 aromatic carbocycles. The third-order valence-corrected chi connectivity index (χ3v) is 6.77. The number of nitrogens with one attached hydrogen (secondary N) is 1. The normalized spacial score (nSPS) is 13.8. The van der Waals surface area contributed by atoms with E-state index in [1.54, 1.807) is 22.9 Å². The minimum Gasteiger partial charge on any atom is -0.492 e. The minimum absolute atomic E-state index is 0.310. The lowest BCUT2D eigenvalue weighted by molar-refractivity contribution is -0.112. The molecular weight excluding hydrogens is 492 g/mol. The fraction of sp³-hybridized carbons (Fsp3) is 0.258. The molecule has 0 unspecified atom stereocenters. The molecule has 1 saturated heterocycles. The Labute approximate surface area is 227 Å². The molecule has 0 radical (unpaired) electrons. The first-order valence-electron chi connectivity index (χ1n) is 13.0. The Balaban J connectivity index is 1.37. The Kier molecular flexibility index (Phi) is 7.86. The van der Waals surface area contributed by atoms with E-state index in [4.69, 9.17) is 9.47 Å². The molecule has 2 heterocycles. The summed E-state index contributed by atoms with van der Waals surface area (Å²) in [6.07, 6.45) is 0. The van der Waals surface area contributed by atoms with Crippen molar-refractivity contribution >= 4 is 33.9 Å². The van der Waals surface area contributed by atoms with Crippen LogP contribution in [0.1, 0.15) is 28.5 Å². The number of ketones is 1. The number of amides is 1. The summed E-state index contributed by atoms with van der Waals surface area (Å²) in [5, 5.41) is 8.80. The molecule has 0 saturated carbocycles. The number of carbonyl (C=O) groups excluding carboxylic acids is 2. The van der Waals surface area contributed by atoms with E-state index >= 15 is 0 Å². The first-order chi connectivity index (χ1) is 18.9. The molecule has 0 atom stereocenters. The number of aryl methyl sites for hydroxylation is 1. The third kappa shape index (κ3) is 5.92. The summed E-state index contributed by atoms with van der Waals surface area (Å²) < 4.78 is 13.1. The van der Waals surface area contributed by atoms with Gasteiger partial charge in [0, 0.05) is 36.7 Å². The highest BCUT2D eigenvalue weighted by Gasteiger charge is 2.23. The van der Waals surface area contributed by atoms with Crippen LogP contribution in [0.3, 0.4) is 0 Å². The molecule has 5 rings (SSSR count). The second-order valence-electron chi connectivity index (χ2n) is 9.69. The zero-order valence-electron chi connectivity index (χ0n) is 22.3. The van der Waals surface area contributed by atoms with Gasteiger partial charge in [-0.25, -0.2) is 4.68 Å². The molecule has 1 aliphatic heterocycles. The van der Waals surface area contributed by atoms with Crippen molar-refractivity contribution in [1.29, 1.82) is 0 Å². The first-order valence-corrected chi connectivity index (χ1v) is 13.0. The van der Waals surface area contributed by atoms with Crippen LogP contribution in [-0.2, 0) is 9.53 Å². The predicted octanol–water partition coefficient (Wildman–Crippen LogP) is 4.90. The Hall–Kier alpha value is -4.27. The van der Waals surface area contributed by atoms with Crippen molar-refractivity contribution < 1.29 is 19.1 Å². The number of morpholine rings is 1. The summed E-state index contributed by atoms with van der Waals surface area (Å²) in [6.45, 7) is 12.4. The van der Waals surface area contributed by atoms with Crippen molar-refractivity contribution in [3.63, 3.8) is 0 Å². The Morgan fingerprint density at radius 2 is 1.74 bits per heavy atom. The lowest BCUT2D eigenvalue weighted by Gasteiger charge is -2.26.